The zero-order valence-corrected chi connectivity index (χ0v) is 16.4. The molecular weight excluding hydrogens is 344 g/mol. The van der Waals surface area contributed by atoms with Crippen molar-refractivity contribution in [2.45, 2.75) is 70.5 Å². The van der Waals surface area contributed by atoms with Crippen molar-refractivity contribution in [3.63, 3.8) is 0 Å². The molecule has 3 saturated carbocycles. The van der Waals surface area contributed by atoms with Gasteiger partial charge in [0.1, 0.15) is 5.69 Å². The molecule has 0 radical (unpaired) electrons. The second-order valence-electron chi connectivity index (χ2n) is 9.16. The highest BCUT2D eigenvalue weighted by Crippen LogP contribution is 2.60. The molecule has 0 saturated heterocycles. The molecule has 2 heterocycles. The van der Waals surface area contributed by atoms with Gasteiger partial charge in [-0.25, -0.2) is 0 Å². The highest BCUT2D eigenvalue weighted by atomic mass is 16.2. The van der Waals surface area contributed by atoms with E-state index in [1.165, 1.54) is 0 Å². The maximum atomic E-state index is 12.7. The Hall–Kier alpha value is -2.64. The van der Waals surface area contributed by atoms with Crippen molar-refractivity contribution in [1.82, 2.24) is 30.6 Å². The van der Waals surface area contributed by atoms with Crippen molar-refractivity contribution in [3.05, 3.63) is 34.9 Å². The molecule has 3 aliphatic rings. The van der Waals surface area contributed by atoms with Gasteiger partial charge in [0.05, 0.1) is 17.3 Å². The molecule has 8 heteroatoms. The molecule has 144 valence electrons. The largest absolute Gasteiger partial charge is 0.346 e. The van der Waals surface area contributed by atoms with Crippen LogP contribution in [0.1, 0.15) is 72.3 Å². The predicted octanol–water partition coefficient (Wildman–Crippen LogP) is 1.81. The maximum absolute atomic E-state index is 12.7. The molecule has 3 aliphatic carbocycles. The van der Waals surface area contributed by atoms with Crippen molar-refractivity contribution < 1.29 is 9.59 Å². The zero-order chi connectivity index (χ0) is 19.6. The van der Waals surface area contributed by atoms with Gasteiger partial charge >= 0.3 is 0 Å². The smallest absolute Gasteiger partial charge is 0.272 e. The molecule has 27 heavy (non-hydrogen) atoms. The van der Waals surface area contributed by atoms with Gasteiger partial charge in [-0.3, -0.25) is 19.4 Å². The summed E-state index contributed by atoms with van der Waals surface area (Å²) < 4.78 is 1.87. The van der Waals surface area contributed by atoms with E-state index < -0.39 is 0 Å². The van der Waals surface area contributed by atoms with Gasteiger partial charge < -0.3 is 10.6 Å². The number of H-pyrrole nitrogens is 1. The minimum absolute atomic E-state index is 0.0921. The van der Waals surface area contributed by atoms with E-state index in [-0.39, 0.29) is 28.4 Å². The number of nitrogens with one attached hydrogen (secondary N) is 3. The Balaban J connectivity index is 1.36. The number of nitrogens with zero attached hydrogens (tertiary/aromatic N) is 3. The molecule has 2 aromatic rings. The lowest BCUT2D eigenvalue weighted by molar-refractivity contribution is -0.0905. The Bertz CT molecular complexity index is 913. The molecule has 0 aliphatic heterocycles. The van der Waals surface area contributed by atoms with Crippen LogP contribution in [-0.4, -0.2) is 42.9 Å². The average molecular weight is 370 g/mol. The number of carbonyl (C=O) groups excluding carboxylic acids is 2. The lowest BCUT2D eigenvalue weighted by Gasteiger charge is -2.70. The molecule has 5 rings (SSSR count). The van der Waals surface area contributed by atoms with E-state index in [9.17, 15) is 9.59 Å². The number of aryl methyl sites for hydroxylation is 1. The number of amides is 2. The molecule has 2 bridgehead atoms. The Morgan fingerprint density at radius 3 is 2.19 bits per heavy atom. The van der Waals surface area contributed by atoms with E-state index >= 15 is 0 Å². The summed E-state index contributed by atoms with van der Waals surface area (Å²) in [6.45, 7) is 9.96. The first-order valence-electron chi connectivity index (χ1n) is 9.25. The van der Waals surface area contributed by atoms with E-state index in [2.05, 4.69) is 46.7 Å². The second-order valence-corrected chi connectivity index (χ2v) is 9.16. The minimum Gasteiger partial charge on any atom is -0.346 e. The first kappa shape index (κ1) is 17.8. The van der Waals surface area contributed by atoms with Gasteiger partial charge in [0.2, 0.25) is 0 Å². The van der Waals surface area contributed by atoms with Crippen molar-refractivity contribution in [1.29, 1.82) is 0 Å². The summed E-state index contributed by atoms with van der Waals surface area (Å²) in [6, 6.07) is 1.73. The SMILES string of the molecule is Cc1cc(C(=O)NC23CC(NC(=O)c4cnn(C(C)(C)C)c4C)(C2)C3)n[nH]1. The zero-order valence-electron chi connectivity index (χ0n) is 16.4. The number of carbonyl (C=O) groups is 2. The Labute approximate surface area is 158 Å². The molecule has 2 amide bonds. The Kier molecular flexibility index (Phi) is 3.57. The Morgan fingerprint density at radius 2 is 1.70 bits per heavy atom. The van der Waals surface area contributed by atoms with Crippen LogP contribution in [0.2, 0.25) is 0 Å². The topological polar surface area (TPSA) is 105 Å². The number of rotatable bonds is 4. The quantitative estimate of drug-likeness (QED) is 0.763. The summed E-state index contributed by atoms with van der Waals surface area (Å²) in [4.78, 5) is 25.0. The summed E-state index contributed by atoms with van der Waals surface area (Å²) in [5, 5.41) is 17.4. The molecule has 0 spiro atoms. The van der Waals surface area contributed by atoms with Gasteiger partial charge in [-0.05, 0) is 59.9 Å². The van der Waals surface area contributed by atoms with Crippen LogP contribution in [0.3, 0.4) is 0 Å². The molecule has 0 atom stereocenters. The highest BCUT2D eigenvalue weighted by Gasteiger charge is 2.69. The van der Waals surface area contributed by atoms with Gasteiger partial charge in [0.15, 0.2) is 0 Å². The highest BCUT2D eigenvalue weighted by molar-refractivity contribution is 5.96. The van der Waals surface area contributed by atoms with Crippen LogP contribution in [0.4, 0.5) is 0 Å². The predicted molar refractivity (Wildman–Crippen MR) is 99.5 cm³/mol. The van der Waals surface area contributed by atoms with E-state index in [1.54, 1.807) is 12.3 Å². The van der Waals surface area contributed by atoms with Crippen LogP contribution >= 0.6 is 0 Å². The van der Waals surface area contributed by atoms with Crippen LogP contribution in [0, 0.1) is 13.8 Å². The minimum atomic E-state index is -0.206. The van der Waals surface area contributed by atoms with E-state index in [4.69, 9.17) is 0 Å². The average Bonchev–Trinajstić information content (AvgIpc) is 3.09. The third kappa shape index (κ3) is 2.83. The van der Waals surface area contributed by atoms with Gasteiger partial charge in [0.25, 0.3) is 11.8 Å². The molecule has 8 nitrogen and oxygen atoms in total. The van der Waals surface area contributed by atoms with Crippen molar-refractivity contribution in [2.24, 2.45) is 0 Å². The first-order valence-corrected chi connectivity index (χ1v) is 9.25. The number of aromatic nitrogens is 4. The van der Waals surface area contributed by atoms with Crippen LogP contribution in [-0.2, 0) is 5.54 Å². The fourth-order valence-corrected chi connectivity index (χ4v) is 4.51. The van der Waals surface area contributed by atoms with Gasteiger partial charge in [-0.1, -0.05) is 0 Å². The van der Waals surface area contributed by atoms with Crippen molar-refractivity contribution >= 4 is 11.8 Å². The van der Waals surface area contributed by atoms with E-state index in [0.717, 1.165) is 30.7 Å². The lowest BCUT2D eigenvalue weighted by atomic mass is 9.44. The van der Waals surface area contributed by atoms with E-state index in [1.807, 2.05) is 18.5 Å². The monoisotopic (exact) mass is 370 g/mol. The van der Waals surface area contributed by atoms with Crippen LogP contribution in [0.5, 0.6) is 0 Å². The molecule has 2 aromatic heterocycles. The van der Waals surface area contributed by atoms with Crippen LogP contribution in [0.15, 0.2) is 12.3 Å². The summed E-state index contributed by atoms with van der Waals surface area (Å²) >= 11 is 0. The second kappa shape index (κ2) is 5.43. The molecule has 3 fully saturated rings. The summed E-state index contributed by atoms with van der Waals surface area (Å²) in [7, 11) is 0. The van der Waals surface area contributed by atoms with E-state index in [0.29, 0.717) is 11.3 Å². The summed E-state index contributed by atoms with van der Waals surface area (Å²) in [5.41, 5.74) is 2.15. The Morgan fingerprint density at radius 1 is 1.11 bits per heavy atom. The van der Waals surface area contributed by atoms with Gasteiger partial charge in [-0.15, -0.1) is 0 Å². The standard InChI is InChI=1S/C19H26N6O2/c1-11-6-14(24-23-11)16(27)22-19-8-18(9-19,10-19)21-15(26)13-7-20-25(12(13)2)17(3,4)5/h6-7H,8-10H2,1-5H3,(H,21,26)(H,22,27)(H,23,24). The molecule has 0 aromatic carbocycles. The molecule has 3 N–H and O–H groups in total. The van der Waals surface area contributed by atoms with Gasteiger partial charge in [0, 0.05) is 22.5 Å². The van der Waals surface area contributed by atoms with Gasteiger partial charge in [-0.2, -0.15) is 10.2 Å². The number of aromatic amines is 1. The maximum Gasteiger partial charge on any atom is 0.272 e. The number of hydrogen-bond acceptors (Lipinski definition) is 4. The van der Waals surface area contributed by atoms with Crippen molar-refractivity contribution in [2.75, 3.05) is 0 Å². The summed E-state index contributed by atoms with van der Waals surface area (Å²) in [6.07, 6.45) is 3.91. The molecule has 0 unspecified atom stereocenters. The normalized spacial score (nSPS) is 26.1. The molecular formula is C19H26N6O2. The third-order valence-electron chi connectivity index (χ3n) is 5.62. The third-order valence-corrected chi connectivity index (χ3v) is 5.62. The number of hydrogen-bond donors (Lipinski definition) is 3. The summed E-state index contributed by atoms with van der Waals surface area (Å²) in [5.74, 6) is -0.258. The van der Waals surface area contributed by atoms with Crippen molar-refractivity contribution in [3.8, 4) is 0 Å². The van der Waals surface area contributed by atoms with Crippen LogP contribution < -0.4 is 10.6 Å². The van der Waals surface area contributed by atoms with Crippen LogP contribution in [0.25, 0.3) is 0 Å². The fourth-order valence-electron chi connectivity index (χ4n) is 4.51. The lowest BCUT2D eigenvalue weighted by Crippen LogP contribution is -2.83. The first-order chi connectivity index (χ1) is 12.5. The fraction of sp³-hybridized carbons (Fsp3) is 0.579.